The molecule has 0 aliphatic carbocycles. The van der Waals surface area contributed by atoms with Crippen LogP contribution in [0.5, 0.6) is 0 Å². The molecule has 3 aromatic rings. The zero-order chi connectivity index (χ0) is 15.7. The summed E-state index contributed by atoms with van der Waals surface area (Å²) in [5, 5.41) is 2.45. The van der Waals surface area contributed by atoms with Crippen LogP contribution < -0.4 is 0 Å². The van der Waals surface area contributed by atoms with Gasteiger partial charge in [-0.05, 0) is 0 Å². The van der Waals surface area contributed by atoms with Crippen molar-refractivity contribution in [2.75, 3.05) is 0 Å². The fourth-order valence-electron chi connectivity index (χ4n) is 2.34. The quantitative estimate of drug-likeness (QED) is 0.485. The molecule has 0 saturated heterocycles. The normalized spacial score (nSPS) is 10.8. The maximum absolute atomic E-state index is 2.31. The molecule has 0 radical (unpaired) electrons. The Morgan fingerprint density at radius 3 is 1.35 bits per heavy atom. The molecular weight excluding hydrogens is 410 g/mol. The average molecular weight is 430 g/mol. The van der Waals surface area contributed by atoms with Gasteiger partial charge in [-0.15, -0.1) is 0 Å². The van der Waals surface area contributed by atoms with Crippen molar-refractivity contribution in [2.45, 2.75) is 14.4 Å². The Bertz CT molecular complexity index is 637. The van der Waals surface area contributed by atoms with Gasteiger partial charge in [-0.3, -0.25) is 0 Å². The third-order valence-corrected chi connectivity index (χ3v) is 11.0. The third-order valence-electron chi connectivity index (χ3n) is 3.56. The van der Waals surface area contributed by atoms with Crippen LogP contribution in [0, 0.1) is 0 Å². The Kier molecular flexibility index (Phi) is 6.55. The molecule has 0 saturated carbocycles. The van der Waals surface area contributed by atoms with Gasteiger partial charge in [0.2, 0.25) is 0 Å². The van der Waals surface area contributed by atoms with Gasteiger partial charge in [-0.25, -0.2) is 0 Å². The molecule has 0 unspecified atom stereocenters. The molecule has 0 aliphatic rings. The number of hydrogen-bond donors (Lipinski definition) is 0. The van der Waals surface area contributed by atoms with Crippen LogP contribution in [-0.4, -0.2) is 29.9 Å². The molecule has 0 bridgehead atoms. The average Bonchev–Trinajstić information content (AvgIpc) is 2.64. The molecule has 0 heterocycles. The van der Waals surface area contributed by atoms with Crippen molar-refractivity contribution in [3.05, 3.63) is 108 Å². The minimum atomic E-state index is 0.609. The van der Waals surface area contributed by atoms with E-state index in [1.807, 2.05) is 0 Å². The molecule has 116 valence electrons. The van der Waals surface area contributed by atoms with E-state index in [1.54, 1.807) is 0 Å². The molecule has 3 rings (SSSR count). The first-order valence-electron chi connectivity index (χ1n) is 7.78. The number of hydrogen-bond acceptors (Lipinski definition) is 0. The van der Waals surface area contributed by atoms with E-state index in [1.165, 1.54) is 27.3 Å². The molecule has 0 amide bonds. The van der Waals surface area contributed by atoms with Crippen molar-refractivity contribution in [3.63, 3.8) is 0 Å². The number of rotatable bonds is 7. The summed E-state index contributed by atoms with van der Waals surface area (Å²) in [7, 11) is 0. The summed E-state index contributed by atoms with van der Waals surface area (Å²) in [6.07, 6.45) is 0. The Labute approximate surface area is 151 Å². The van der Waals surface area contributed by atoms with E-state index in [2.05, 4.69) is 91.0 Å². The van der Waals surface area contributed by atoms with Crippen molar-refractivity contribution in [1.29, 1.82) is 0 Å². The summed E-state index contributed by atoms with van der Waals surface area (Å²) in [5.41, 5.74) is 4.48. The Hall–Kier alpha value is -1.30. The molecule has 0 aromatic heterocycles. The topological polar surface area (TPSA) is 0 Å². The molecule has 0 spiro atoms. The first-order valence-corrected chi connectivity index (χ1v) is 12.2. The van der Waals surface area contributed by atoms with E-state index in [4.69, 9.17) is 0 Å². The van der Waals surface area contributed by atoms with E-state index in [9.17, 15) is 0 Å². The first-order chi connectivity index (χ1) is 11.4. The van der Waals surface area contributed by atoms with Crippen molar-refractivity contribution in [3.8, 4) is 0 Å². The van der Waals surface area contributed by atoms with Gasteiger partial charge in [0.15, 0.2) is 0 Å². The van der Waals surface area contributed by atoms with Gasteiger partial charge >= 0.3 is 152 Å². The molecule has 0 aliphatic heterocycles. The summed E-state index contributed by atoms with van der Waals surface area (Å²) in [6.45, 7) is 0. The van der Waals surface area contributed by atoms with E-state index in [-0.39, 0.29) is 0 Å². The third kappa shape index (κ3) is 5.37. The van der Waals surface area contributed by atoms with Gasteiger partial charge in [-0.2, -0.15) is 0 Å². The standard InChI is InChI=1S/C21H20Se2/c1-4-10-18(11-5-1)16-22-21(20-14-8-3-9-15-20)23-17-19-12-6-2-7-13-19/h1-15,21H,16-17H2. The second-order valence-electron chi connectivity index (χ2n) is 5.34. The first kappa shape index (κ1) is 16.6. The van der Waals surface area contributed by atoms with Crippen LogP contribution in [-0.2, 0) is 10.6 Å². The fourth-order valence-corrected chi connectivity index (χ4v) is 8.79. The summed E-state index contributed by atoms with van der Waals surface area (Å²) in [5.74, 6) is 0. The van der Waals surface area contributed by atoms with Crippen LogP contribution >= 0.6 is 0 Å². The van der Waals surface area contributed by atoms with E-state index in [0.29, 0.717) is 29.9 Å². The molecule has 0 N–H and O–H groups in total. The second-order valence-corrected chi connectivity index (χ2v) is 11.4. The SMILES string of the molecule is c1ccc(C[Se]C([Se]Cc2ccccc2)c2ccccc2)cc1. The molecular formula is C21H20Se2. The van der Waals surface area contributed by atoms with Crippen LogP contribution in [0.1, 0.15) is 20.4 Å². The molecule has 0 nitrogen and oxygen atoms in total. The maximum atomic E-state index is 2.31. The second kappa shape index (κ2) is 9.11. The van der Waals surface area contributed by atoms with E-state index < -0.39 is 0 Å². The predicted octanol–water partition coefficient (Wildman–Crippen LogP) is 4.49. The van der Waals surface area contributed by atoms with Gasteiger partial charge < -0.3 is 0 Å². The molecule has 3 aromatic carbocycles. The minimum absolute atomic E-state index is 0.609. The van der Waals surface area contributed by atoms with Gasteiger partial charge in [0.05, 0.1) is 0 Å². The van der Waals surface area contributed by atoms with Crippen molar-refractivity contribution in [1.82, 2.24) is 0 Å². The van der Waals surface area contributed by atoms with Gasteiger partial charge in [0.25, 0.3) is 0 Å². The fraction of sp³-hybridized carbons (Fsp3) is 0.143. The van der Waals surface area contributed by atoms with Gasteiger partial charge in [0.1, 0.15) is 0 Å². The molecule has 0 atom stereocenters. The Balaban J connectivity index is 1.66. The van der Waals surface area contributed by atoms with Gasteiger partial charge in [0, 0.05) is 0 Å². The summed E-state index contributed by atoms with van der Waals surface area (Å²) in [6, 6.07) is 32.9. The monoisotopic (exact) mass is 432 g/mol. The van der Waals surface area contributed by atoms with Crippen molar-refractivity contribution >= 4 is 29.9 Å². The molecule has 0 fully saturated rings. The summed E-state index contributed by atoms with van der Waals surface area (Å²) >= 11 is 1.22. The van der Waals surface area contributed by atoms with Crippen LogP contribution in [0.15, 0.2) is 91.0 Å². The molecule has 2 heteroatoms. The summed E-state index contributed by atoms with van der Waals surface area (Å²) in [4.78, 5) is 0. The molecule has 23 heavy (non-hydrogen) atoms. The Morgan fingerprint density at radius 2 is 0.913 bits per heavy atom. The predicted molar refractivity (Wildman–Crippen MR) is 101 cm³/mol. The zero-order valence-electron chi connectivity index (χ0n) is 13.0. The van der Waals surface area contributed by atoms with Crippen molar-refractivity contribution < 1.29 is 0 Å². The van der Waals surface area contributed by atoms with E-state index >= 15 is 0 Å². The van der Waals surface area contributed by atoms with E-state index in [0.717, 1.165) is 3.71 Å². The zero-order valence-corrected chi connectivity index (χ0v) is 16.4. The van der Waals surface area contributed by atoms with Crippen LogP contribution in [0.4, 0.5) is 0 Å². The van der Waals surface area contributed by atoms with Crippen LogP contribution in [0.3, 0.4) is 0 Å². The number of benzene rings is 3. The Morgan fingerprint density at radius 1 is 0.522 bits per heavy atom. The van der Waals surface area contributed by atoms with Crippen LogP contribution in [0.25, 0.3) is 0 Å². The summed E-state index contributed by atoms with van der Waals surface area (Å²) < 4.78 is 0.747. The van der Waals surface area contributed by atoms with Crippen molar-refractivity contribution in [2.24, 2.45) is 0 Å². The van der Waals surface area contributed by atoms with Crippen LogP contribution in [0.2, 0.25) is 0 Å². The van der Waals surface area contributed by atoms with Gasteiger partial charge in [-0.1, -0.05) is 0 Å².